The molecule has 0 aromatic rings. The summed E-state index contributed by atoms with van der Waals surface area (Å²) in [6, 6.07) is 0.647. The van der Waals surface area contributed by atoms with Crippen LogP contribution in [0, 0.1) is 0 Å². The Labute approximate surface area is 120 Å². The fourth-order valence-corrected chi connectivity index (χ4v) is 3.14. The molecular formula is C14H26N4O2. The van der Waals surface area contributed by atoms with Gasteiger partial charge in [0.1, 0.15) is 0 Å². The van der Waals surface area contributed by atoms with Crippen molar-refractivity contribution in [2.24, 2.45) is 5.73 Å². The molecule has 0 aromatic heterocycles. The number of amides is 3. The minimum Gasteiger partial charge on any atom is -0.329 e. The Balaban J connectivity index is 1.85. The summed E-state index contributed by atoms with van der Waals surface area (Å²) in [6.07, 6.45) is 5.49. The Morgan fingerprint density at radius 2 is 1.95 bits per heavy atom. The van der Waals surface area contributed by atoms with Crippen LogP contribution in [0.3, 0.4) is 0 Å². The fraction of sp³-hybridized carbons (Fsp3) is 0.857. The summed E-state index contributed by atoms with van der Waals surface area (Å²) in [7, 11) is 0. The standard InChI is InChI=1S/C14H26N4O2/c1-2-7-17(12-5-3-11(15)4-6-12)8-9-18-13(19)10-16-14(18)20/h11-12H,2-10,15H2,1H3,(H,16,20). The molecule has 0 unspecified atom stereocenters. The molecule has 1 heterocycles. The molecular weight excluding hydrogens is 256 g/mol. The number of rotatable bonds is 6. The molecule has 2 rings (SSSR count). The summed E-state index contributed by atoms with van der Waals surface area (Å²) in [6.45, 7) is 4.59. The van der Waals surface area contributed by atoms with Crippen LogP contribution in [0.1, 0.15) is 39.0 Å². The lowest BCUT2D eigenvalue weighted by atomic mass is 9.90. The quantitative estimate of drug-likeness (QED) is 0.696. The van der Waals surface area contributed by atoms with Gasteiger partial charge in [-0.1, -0.05) is 6.92 Å². The average Bonchev–Trinajstić information content (AvgIpc) is 2.75. The number of carbonyl (C=O) groups is 2. The second-order valence-corrected chi connectivity index (χ2v) is 5.81. The summed E-state index contributed by atoms with van der Waals surface area (Å²) in [4.78, 5) is 26.9. The molecule has 0 radical (unpaired) electrons. The minimum atomic E-state index is -0.253. The molecule has 0 bridgehead atoms. The normalized spacial score (nSPS) is 27.2. The van der Waals surface area contributed by atoms with Crippen LogP contribution in [0.25, 0.3) is 0 Å². The average molecular weight is 282 g/mol. The van der Waals surface area contributed by atoms with Crippen LogP contribution in [0.4, 0.5) is 4.79 Å². The SMILES string of the molecule is CCCN(CCN1C(=O)CNC1=O)C1CCC(N)CC1. The Morgan fingerprint density at radius 3 is 2.50 bits per heavy atom. The zero-order valence-electron chi connectivity index (χ0n) is 12.3. The van der Waals surface area contributed by atoms with Crippen molar-refractivity contribution in [3.05, 3.63) is 0 Å². The van der Waals surface area contributed by atoms with E-state index in [4.69, 9.17) is 5.73 Å². The summed E-state index contributed by atoms with van der Waals surface area (Å²) in [5.74, 6) is -0.114. The second kappa shape index (κ2) is 7.04. The highest BCUT2D eigenvalue weighted by Gasteiger charge is 2.30. The zero-order chi connectivity index (χ0) is 14.5. The number of nitrogens with two attached hydrogens (primary N) is 1. The molecule has 1 aliphatic heterocycles. The van der Waals surface area contributed by atoms with Crippen LogP contribution in [0.2, 0.25) is 0 Å². The van der Waals surface area contributed by atoms with Gasteiger partial charge in [-0.2, -0.15) is 0 Å². The number of nitrogens with zero attached hydrogens (tertiary/aromatic N) is 2. The van der Waals surface area contributed by atoms with Gasteiger partial charge in [0.15, 0.2) is 0 Å². The number of urea groups is 1. The molecule has 114 valence electrons. The van der Waals surface area contributed by atoms with Crippen molar-refractivity contribution >= 4 is 11.9 Å². The summed E-state index contributed by atoms with van der Waals surface area (Å²) in [5.41, 5.74) is 5.96. The molecule has 6 heteroatoms. The Kier molecular flexibility index (Phi) is 5.37. The number of hydrogen-bond acceptors (Lipinski definition) is 4. The first-order valence-electron chi connectivity index (χ1n) is 7.69. The van der Waals surface area contributed by atoms with E-state index < -0.39 is 0 Å². The van der Waals surface area contributed by atoms with E-state index in [9.17, 15) is 9.59 Å². The molecule has 6 nitrogen and oxygen atoms in total. The first-order valence-corrected chi connectivity index (χ1v) is 7.69. The summed E-state index contributed by atoms with van der Waals surface area (Å²) >= 11 is 0. The number of imide groups is 1. The molecule has 1 saturated carbocycles. The number of nitrogens with one attached hydrogen (secondary N) is 1. The molecule has 0 aromatic carbocycles. The second-order valence-electron chi connectivity index (χ2n) is 5.81. The lowest BCUT2D eigenvalue weighted by Crippen LogP contribution is -2.45. The maximum absolute atomic E-state index is 11.6. The van der Waals surface area contributed by atoms with E-state index in [1.165, 1.54) is 4.90 Å². The number of carbonyl (C=O) groups excluding carboxylic acids is 2. The van der Waals surface area contributed by atoms with Gasteiger partial charge < -0.3 is 11.1 Å². The van der Waals surface area contributed by atoms with Gasteiger partial charge >= 0.3 is 6.03 Å². The molecule has 1 saturated heterocycles. The largest absolute Gasteiger partial charge is 0.329 e. The monoisotopic (exact) mass is 282 g/mol. The van der Waals surface area contributed by atoms with Crippen molar-refractivity contribution in [2.45, 2.75) is 51.1 Å². The fourth-order valence-electron chi connectivity index (χ4n) is 3.14. The highest BCUT2D eigenvalue weighted by molar-refractivity contribution is 6.01. The van der Waals surface area contributed by atoms with Gasteiger partial charge in [-0.05, 0) is 38.6 Å². The maximum Gasteiger partial charge on any atom is 0.324 e. The summed E-state index contributed by atoms with van der Waals surface area (Å²) < 4.78 is 0. The van der Waals surface area contributed by atoms with Gasteiger partial charge in [0.05, 0.1) is 6.54 Å². The highest BCUT2D eigenvalue weighted by Crippen LogP contribution is 2.22. The van der Waals surface area contributed by atoms with Gasteiger partial charge in [-0.25, -0.2) is 4.79 Å². The maximum atomic E-state index is 11.6. The zero-order valence-corrected chi connectivity index (χ0v) is 12.3. The van der Waals surface area contributed by atoms with Crippen LogP contribution in [0.5, 0.6) is 0 Å². The third-order valence-corrected chi connectivity index (χ3v) is 4.32. The van der Waals surface area contributed by atoms with Gasteiger partial charge in [0.2, 0.25) is 5.91 Å². The molecule has 0 atom stereocenters. The van der Waals surface area contributed by atoms with E-state index in [0.29, 0.717) is 18.6 Å². The van der Waals surface area contributed by atoms with Crippen LogP contribution in [-0.2, 0) is 4.79 Å². The van der Waals surface area contributed by atoms with Crippen LogP contribution in [-0.4, -0.2) is 60.0 Å². The van der Waals surface area contributed by atoms with E-state index in [-0.39, 0.29) is 18.5 Å². The molecule has 2 fully saturated rings. The first-order chi connectivity index (χ1) is 9.61. The van der Waals surface area contributed by atoms with Gasteiger partial charge in [0.25, 0.3) is 0 Å². The molecule has 0 spiro atoms. The van der Waals surface area contributed by atoms with Crippen molar-refractivity contribution in [3.63, 3.8) is 0 Å². The van der Waals surface area contributed by atoms with Gasteiger partial charge in [-0.3, -0.25) is 14.6 Å². The molecule has 3 amide bonds. The Hall–Kier alpha value is -1.14. The van der Waals surface area contributed by atoms with Crippen molar-refractivity contribution in [1.82, 2.24) is 15.1 Å². The summed E-state index contributed by atoms with van der Waals surface area (Å²) in [5, 5.41) is 2.56. The third kappa shape index (κ3) is 3.70. The Morgan fingerprint density at radius 1 is 1.25 bits per heavy atom. The van der Waals surface area contributed by atoms with E-state index in [2.05, 4.69) is 17.1 Å². The molecule has 3 N–H and O–H groups in total. The van der Waals surface area contributed by atoms with Crippen molar-refractivity contribution in [3.8, 4) is 0 Å². The van der Waals surface area contributed by atoms with E-state index in [0.717, 1.165) is 45.2 Å². The molecule has 20 heavy (non-hydrogen) atoms. The van der Waals surface area contributed by atoms with E-state index in [1.807, 2.05) is 0 Å². The van der Waals surface area contributed by atoms with Crippen molar-refractivity contribution in [2.75, 3.05) is 26.2 Å². The predicted octanol–water partition coefficient (Wildman–Crippen LogP) is 0.520. The number of hydrogen-bond donors (Lipinski definition) is 2. The third-order valence-electron chi connectivity index (χ3n) is 4.32. The molecule has 2 aliphatic rings. The minimum absolute atomic E-state index is 0.114. The Bertz CT molecular complexity index is 337. The van der Waals surface area contributed by atoms with E-state index >= 15 is 0 Å². The van der Waals surface area contributed by atoms with Crippen molar-refractivity contribution < 1.29 is 9.59 Å². The predicted molar refractivity (Wildman–Crippen MR) is 77.2 cm³/mol. The topological polar surface area (TPSA) is 78.7 Å². The van der Waals surface area contributed by atoms with Crippen LogP contribution >= 0.6 is 0 Å². The van der Waals surface area contributed by atoms with Gasteiger partial charge in [0, 0.05) is 25.2 Å². The van der Waals surface area contributed by atoms with Crippen LogP contribution < -0.4 is 11.1 Å². The van der Waals surface area contributed by atoms with Gasteiger partial charge in [-0.15, -0.1) is 0 Å². The lowest BCUT2D eigenvalue weighted by Gasteiger charge is -2.36. The highest BCUT2D eigenvalue weighted by atomic mass is 16.2. The smallest absolute Gasteiger partial charge is 0.324 e. The molecule has 1 aliphatic carbocycles. The van der Waals surface area contributed by atoms with Crippen LogP contribution in [0.15, 0.2) is 0 Å². The lowest BCUT2D eigenvalue weighted by molar-refractivity contribution is -0.125. The first kappa shape index (κ1) is 15.3. The van der Waals surface area contributed by atoms with E-state index in [1.54, 1.807) is 0 Å². The van der Waals surface area contributed by atoms with Crippen molar-refractivity contribution in [1.29, 1.82) is 0 Å².